The Morgan fingerprint density at radius 3 is 2.38 bits per heavy atom. The topological polar surface area (TPSA) is 25.8 Å². The number of halogens is 2. The van der Waals surface area contributed by atoms with E-state index in [1.165, 1.54) is 18.2 Å². The van der Waals surface area contributed by atoms with Gasteiger partial charge in [0.1, 0.15) is 11.5 Å². The van der Waals surface area contributed by atoms with Gasteiger partial charge in [0.25, 0.3) is 0 Å². The summed E-state index contributed by atoms with van der Waals surface area (Å²) in [5, 5.41) is 0. The van der Waals surface area contributed by atoms with Gasteiger partial charge in [-0.1, -0.05) is 0 Å². The van der Waals surface area contributed by atoms with Crippen LogP contribution in [0.25, 0.3) is 11.3 Å². The largest absolute Gasteiger partial charge is 0.250 e. The van der Waals surface area contributed by atoms with Crippen LogP contribution in [-0.2, 0) is 0 Å². The zero-order valence-corrected chi connectivity index (χ0v) is 8.96. The molecule has 0 fully saturated rings. The Morgan fingerprint density at radius 2 is 1.69 bits per heavy atom. The first-order valence-corrected chi connectivity index (χ1v) is 4.84. The van der Waals surface area contributed by atoms with E-state index in [4.69, 9.17) is 0 Å². The zero-order chi connectivity index (χ0) is 11.7. The van der Waals surface area contributed by atoms with Crippen LogP contribution in [0.3, 0.4) is 0 Å². The van der Waals surface area contributed by atoms with E-state index in [9.17, 15) is 8.78 Å². The Bertz CT molecular complexity index is 539. The van der Waals surface area contributed by atoms with E-state index in [0.29, 0.717) is 17.0 Å². The third-order valence-corrected chi connectivity index (χ3v) is 2.29. The second-order valence-corrected chi connectivity index (χ2v) is 3.55. The number of pyridine rings is 2. The van der Waals surface area contributed by atoms with Crippen LogP contribution >= 0.6 is 0 Å². The lowest BCUT2D eigenvalue weighted by Gasteiger charge is -2.06. The summed E-state index contributed by atoms with van der Waals surface area (Å²) in [6, 6.07) is 5.62. The Morgan fingerprint density at radius 1 is 0.938 bits per heavy atom. The van der Waals surface area contributed by atoms with Gasteiger partial charge >= 0.3 is 0 Å². The molecule has 0 aliphatic rings. The first kappa shape index (κ1) is 10.7. The number of hydrogen-bond donors (Lipinski definition) is 0. The zero-order valence-electron chi connectivity index (χ0n) is 8.96. The molecule has 0 radical (unpaired) electrons. The van der Waals surface area contributed by atoms with Crippen molar-refractivity contribution in [3.8, 4) is 11.3 Å². The van der Waals surface area contributed by atoms with Gasteiger partial charge in [-0.25, -0.2) is 14.4 Å². The van der Waals surface area contributed by atoms with E-state index in [-0.39, 0.29) is 5.69 Å². The lowest BCUT2D eigenvalue weighted by atomic mass is 10.1. The molecule has 0 spiro atoms. The third-order valence-electron chi connectivity index (χ3n) is 2.29. The fourth-order valence-electron chi connectivity index (χ4n) is 1.51. The molecular formula is C12H10F2N2. The summed E-state index contributed by atoms with van der Waals surface area (Å²) in [6.07, 6.45) is 0. The second-order valence-electron chi connectivity index (χ2n) is 3.55. The second kappa shape index (κ2) is 3.96. The molecule has 0 N–H and O–H groups in total. The summed E-state index contributed by atoms with van der Waals surface area (Å²) in [6.45, 7) is 3.40. The molecule has 16 heavy (non-hydrogen) atoms. The molecule has 0 bridgehead atoms. The Balaban J connectivity index is 2.62. The van der Waals surface area contributed by atoms with Gasteiger partial charge in [0.2, 0.25) is 5.95 Å². The van der Waals surface area contributed by atoms with Crippen LogP contribution in [0.2, 0.25) is 0 Å². The SMILES string of the molecule is Cc1ccc(F)c(-c2ccc(F)nc2C)n1. The van der Waals surface area contributed by atoms with Crippen molar-refractivity contribution in [2.75, 3.05) is 0 Å². The van der Waals surface area contributed by atoms with E-state index in [1.807, 2.05) is 0 Å². The van der Waals surface area contributed by atoms with Gasteiger partial charge in [0.15, 0.2) is 0 Å². The molecule has 0 atom stereocenters. The molecule has 0 aromatic carbocycles. The molecule has 0 aliphatic heterocycles. The Labute approximate surface area is 92.0 Å². The maximum absolute atomic E-state index is 13.6. The fraction of sp³-hybridized carbons (Fsp3) is 0.167. The molecular weight excluding hydrogens is 210 g/mol. The van der Waals surface area contributed by atoms with Gasteiger partial charge in [-0.15, -0.1) is 0 Å². The van der Waals surface area contributed by atoms with Crippen molar-refractivity contribution in [3.63, 3.8) is 0 Å². The number of hydrogen-bond acceptors (Lipinski definition) is 2. The van der Waals surface area contributed by atoms with Gasteiger partial charge in [0, 0.05) is 11.3 Å². The standard InChI is InChI=1S/C12H10F2N2/c1-7-3-5-10(13)12(15-7)9-4-6-11(14)16-8(9)2/h3-6H,1-2H3. The summed E-state index contributed by atoms with van der Waals surface area (Å²) in [5.41, 5.74) is 1.87. The van der Waals surface area contributed by atoms with Crippen LogP contribution < -0.4 is 0 Å². The van der Waals surface area contributed by atoms with E-state index in [2.05, 4.69) is 9.97 Å². The van der Waals surface area contributed by atoms with Gasteiger partial charge in [-0.2, -0.15) is 4.39 Å². The van der Waals surface area contributed by atoms with Crippen molar-refractivity contribution in [1.29, 1.82) is 0 Å². The summed E-state index contributed by atoms with van der Waals surface area (Å²) in [4.78, 5) is 7.74. The van der Waals surface area contributed by atoms with Crippen LogP contribution in [0.5, 0.6) is 0 Å². The highest BCUT2D eigenvalue weighted by atomic mass is 19.1. The molecule has 0 amide bonds. The predicted molar refractivity (Wildman–Crippen MR) is 56.9 cm³/mol. The average molecular weight is 220 g/mol. The summed E-state index contributed by atoms with van der Waals surface area (Å²) >= 11 is 0. The minimum absolute atomic E-state index is 0.213. The van der Waals surface area contributed by atoms with Crippen molar-refractivity contribution in [2.45, 2.75) is 13.8 Å². The highest BCUT2D eigenvalue weighted by Gasteiger charge is 2.11. The molecule has 0 saturated carbocycles. The predicted octanol–water partition coefficient (Wildman–Crippen LogP) is 3.04. The van der Waals surface area contributed by atoms with E-state index in [1.54, 1.807) is 19.9 Å². The summed E-state index contributed by atoms with van der Waals surface area (Å²) in [5.74, 6) is -1.00. The first-order valence-electron chi connectivity index (χ1n) is 4.84. The van der Waals surface area contributed by atoms with E-state index >= 15 is 0 Å². The molecule has 0 saturated heterocycles. The normalized spacial score (nSPS) is 10.5. The molecule has 82 valence electrons. The van der Waals surface area contributed by atoms with Crippen molar-refractivity contribution < 1.29 is 8.78 Å². The number of nitrogens with zero attached hydrogens (tertiary/aromatic N) is 2. The molecule has 0 aliphatic carbocycles. The lowest BCUT2D eigenvalue weighted by Crippen LogP contribution is -1.96. The molecule has 0 unspecified atom stereocenters. The van der Waals surface area contributed by atoms with Crippen molar-refractivity contribution in [3.05, 3.63) is 47.4 Å². The number of aromatic nitrogens is 2. The van der Waals surface area contributed by atoms with Crippen molar-refractivity contribution in [2.24, 2.45) is 0 Å². The molecule has 4 heteroatoms. The lowest BCUT2D eigenvalue weighted by molar-refractivity contribution is 0.579. The molecule has 2 aromatic heterocycles. The molecule has 2 rings (SSSR count). The highest BCUT2D eigenvalue weighted by Crippen LogP contribution is 2.23. The maximum atomic E-state index is 13.6. The maximum Gasteiger partial charge on any atom is 0.213 e. The van der Waals surface area contributed by atoms with Crippen LogP contribution in [0.1, 0.15) is 11.4 Å². The first-order chi connectivity index (χ1) is 7.58. The van der Waals surface area contributed by atoms with Gasteiger partial charge in [-0.05, 0) is 38.1 Å². The van der Waals surface area contributed by atoms with Crippen molar-refractivity contribution >= 4 is 0 Å². The Hall–Kier alpha value is -1.84. The van der Waals surface area contributed by atoms with E-state index < -0.39 is 11.8 Å². The summed E-state index contributed by atoms with van der Waals surface area (Å²) < 4.78 is 26.4. The molecule has 2 heterocycles. The third kappa shape index (κ3) is 1.91. The number of aryl methyl sites for hydroxylation is 2. The molecule has 2 aromatic rings. The van der Waals surface area contributed by atoms with Crippen LogP contribution in [-0.4, -0.2) is 9.97 Å². The monoisotopic (exact) mass is 220 g/mol. The smallest absolute Gasteiger partial charge is 0.213 e. The van der Waals surface area contributed by atoms with Gasteiger partial charge < -0.3 is 0 Å². The van der Waals surface area contributed by atoms with E-state index in [0.717, 1.165) is 0 Å². The van der Waals surface area contributed by atoms with Gasteiger partial charge in [-0.3, -0.25) is 0 Å². The summed E-state index contributed by atoms with van der Waals surface area (Å²) in [7, 11) is 0. The van der Waals surface area contributed by atoms with Crippen molar-refractivity contribution in [1.82, 2.24) is 9.97 Å². The van der Waals surface area contributed by atoms with Crippen LogP contribution in [0.15, 0.2) is 24.3 Å². The van der Waals surface area contributed by atoms with Gasteiger partial charge in [0.05, 0.1) is 5.69 Å². The quantitative estimate of drug-likeness (QED) is 0.690. The highest BCUT2D eigenvalue weighted by molar-refractivity contribution is 5.62. The fourth-order valence-corrected chi connectivity index (χ4v) is 1.51. The molecule has 2 nitrogen and oxygen atoms in total. The minimum Gasteiger partial charge on any atom is -0.250 e. The minimum atomic E-state index is -0.575. The average Bonchev–Trinajstić information content (AvgIpc) is 2.22. The van der Waals surface area contributed by atoms with Crippen LogP contribution in [0.4, 0.5) is 8.78 Å². The Kier molecular flexibility index (Phi) is 2.64. The number of rotatable bonds is 1. The van der Waals surface area contributed by atoms with Crippen LogP contribution in [0, 0.1) is 25.6 Å².